The summed E-state index contributed by atoms with van der Waals surface area (Å²) in [5.41, 5.74) is 4.88. The largest absolute Gasteiger partial charge is 0.409 e. The molecule has 102 valence electrons. The van der Waals surface area contributed by atoms with Gasteiger partial charge in [-0.05, 0) is 32.7 Å². The van der Waals surface area contributed by atoms with Crippen molar-refractivity contribution in [3.8, 4) is 0 Å². The molecule has 6 nitrogen and oxygen atoms in total. The first-order valence-electron chi connectivity index (χ1n) is 6.57. The van der Waals surface area contributed by atoms with Crippen LogP contribution < -0.4 is 11.1 Å². The lowest BCUT2D eigenvalue weighted by molar-refractivity contribution is -0.131. The molecular weight excluding hydrogens is 232 g/mol. The van der Waals surface area contributed by atoms with Crippen LogP contribution in [0.2, 0.25) is 0 Å². The van der Waals surface area contributed by atoms with Crippen LogP contribution in [0.3, 0.4) is 0 Å². The Bertz CT molecular complexity index is 348. The smallest absolute Gasteiger partial charge is 0.233 e. The summed E-state index contributed by atoms with van der Waals surface area (Å²) < 4.78 is 0. The minimum absolute atomic E-state index is 0.0433. The summed E-state index contributed by atoms with van der Waals surface area (Å²) in [6.07, 6.45) is 4.82. The molecule has 2 fully saturated rings. The minimum atomic E-state index is -0.757. The Morgan fingerprint density at radius 2 is 2.22 bits per heavy atom. The second-order valence-corrected chi connectivity index (χ2v) is 5.39. The number of hydrogen-bond donors (Lipinski definition) is 3. The molecule has 2 aliphatic rings. The first-order chi connectivity index (χ1) is 8.60. The Morgan fingerprint density at radius 3 is 2.67 bits per heavy atom. The van der Waals surface area contributed by atoms with Gasteiger partial charge in [0, 0.05) is 19.1 Å². The van der Waals surface area contributed by atoms with E-state index in [1.165, 1.54) is 12.8 Å². The van der Waals surface area contributed by atoms with Gasteiger partial charge in [0.05, 0.1) is 0 Å². The van der Waals surface area contributed by atoms with Crippen molar-refractivity contribution in [2.45, 2.75) is 38.1 Å². The zero-order valence-electron chi connectivity index (χ0n) is 10.9. The molecule has 2 saturated carbocycles. The standard InChI is InChI=1S/C12H22N4O2/c1-16(9-3-4-9)8-7-14-11(17)12(5-2-6-12)10(13)15-18/h9,18H,2-8H2,1H3,(H2,13,15)(H,14,17). The zero-order valence-corrected chi connectivity index (χ0v) is 10.9. The molecule has 0 heterocycles. The van der Waals surface area contributed by atoms with Crippen LogP contribution in [0.1, 0.15) is 32.1 Å². The highest BCUT2D eigenvalue weighted by Gasteiger charge is 2.48. The third-order valence-corrected chi connectivity index (χ3v) is 4.16. The predicted molar refractivity (Wildman–Crippen MR) is 68.4 cm³/mol. The normalized spacial score (nSPS) is 22.7. The highest BCUT2D eigenvalue weighted by atomic mass is 16.4. The second kappa shape index (κ2) is 5.14. The van der Waals surface area contributed by atoms with Crippen LogP contribution in [0, 0.1) is 5.41 Å². The van der Waals surface area contributed by atoms with E-state index in [1.54, 1.807) is 0 Å². The minimum Gasteiger partial charge on any atom is -0.409 e. The van der Waals surface area contributed by atoms with Crippen molar-refractivity contribution < 1.29 is 10.0 Å². The fourth-order valence-corrected chi connectivity index (χ4v) is 2.44. The molecule has 0 atom stereocenters. The molecule has 0 spiro atoms. The maximum absolute atomic E-state index is 12.1. The van der Waals surface area contributed by atoms with Gasteiger partial charge in [0.15, 0.2) is 5.84 Å². The average molecular weight is 254 g/mol. The van der Waals surface area contributed by atoms with Crippen LogP contribution in [0.15, 0.2) is 5.16 Å². The van der Waals surface area contributed by atoms with E-state index in [9.17, 15) is 4.79 Å². The van der Waals surface area contributed by atoms with E-state index in [1.807, 2.05) is 0 Å². The fraction of sp³-hybridized carbons (Fsp3) is 0.833. The Labute approximate surface area is 107 Å². The van der Waals surface area contributed by atoms with Crippen molar-refractivity contribution in [3.63, 3.8) is 0 Å². The van der Waals surface area contributed by atoms with E-state index in [-0.39, 0.29) is 11.7 Å². The summed E-state index contributed by atoms with van der Waals surface area (Å²) in [6, 6.07) is 0.698. The van der Waals surface area contributed by atoms with Gasteiger partial charge in [-0.1, -0.05) is 11.6 Å². The Balaban J connectivity index is 1.79. The number of nitrogens with two attached hydrogens (primary N) is 1. The van der Waals surface area contributed by atoms with Crippen LogP contribution in [-0.4, -0.2) is 48.0 Å². The number of carbonyl (C=O) groups excluding carboxylic acids is 1. The van der Waals surface area contributed by atoms with Gasteiger partial charge in [-0.2, -0.15) is 0 Å². The number of rotatable bonds is 6. The number of nitrogens with one attached hydrogen (secondary N) is 1. The lowest BCUT2D eigenvalue weighted by Gasteiger charge is -2.38. The molecule has 2 rings (SSSR count). The molecule has 0 aromatic heterocycles. The Morgan fingerprint density at radius 1 is 1.56 bits per heavy atom. The van der Waals surface area contributed by atoms with Crippen molar-refractivity contribution in [3.05, 3.63) is 0 Å². The molecule has 4 N–H and O–H groups in total. The number of oxime groups is 1. The van der Waals surface area contributed by atoms with Crippen molar-refractivity contribution in [2.24, 2.45) is 16.3 Å². The van der Waals surface area contributed by atoms with E-state index in [2.05, 4.69) is 22.4 Å². The average Bonchev–Trinajstić information content (AvgIpc) is 3.10. The number of amidine groups is 1. The van der Waals surface area contributed by atoms with Gasteiger partial charge in [-0.15, -0.1) is 0 Å². The maximum atomic E-state index is 12.1. The van der Waals surface area contributed by atoms with Crippen LogP contribution in [-0.2, 0) is 4.79 Å². The molecule has 0 unspecified atom stereocenters. The molecule has 2 aliphatic carbocycles. The maximum Gasteiger partial charge on any atom is 0.233 e. The quantitative estimate of drug-likeness (QED) is 0.272. The van der Waals surface area contributed by atoms with E-state index < -0.39 is 5.41 Å². The summed E-state index contributed by atoms with van der Waals surface area (Å²) >= 11 is 0. The van der Waals surface area contributed by atoms with Crippen molar-refractivity contribution in [2.75, 3.05) is 20.1 Å². The number of hydrogen-bond acceptors (Lipinski definition) is 4. The van der Waals surface area contributed by atoms with Crippen LogP contribution in [0.5, 0.6) is 0 Å². The van der Waals surface area contributed by atoms with Crippen molar-refractivity contribution >= 4 is 11.7 Å². The molecule has 0 bridgehead atoms. The molecular formula is C12H22N4O2. The van der Waals surface area contributed by atoms with Gasteiger partial charge < -0.3 is 21.2 Å². The molecule has 18 heavy (non-hydrogen) atoms. The van der Waals surface area contributed by atoms with E-state index >= 15 is 0 Å². The van der Waals surface area contributed by atoms with Crippen molar-refractivity contribution in [1.29, 1.82) is 0 Å². The first-order valence-corrected chi connectivity index (χ1v) is 6.57. The van der Waals surface area contributed by atoms with E-state index in [0.29, 0.717) is 25.4 Å². The van der Waals surface area contributed by atoms with Gasteiger partial charge in [0.25, 0.3) is 0 Å². The van der Waals surface area contributed by atoms with Crippen molar-refractivity contribution in [1.82, 2.24) is 10.2 Å². The van der Waals surface area contributed by atoms with Gasteiger partial charge in [0.1, 0.15) is 5.41 Å². The van der Waals surface area contributed by atoms with E-state index in [0.717, 1.165) is 13.0 Å². The monoisotopic (exact) mass is 254 g/mol. The summed E-state index contributed by atoms with van der Waals surface area (Å²) in [4.78, 5) is 14.4. The molecule has 0 aromatic carbocycles. The molecule has 0 saturated heterocycles. The number of carbonyl (C=O) groups is 1. The Kier molecular flexibility index (Phi) is 3.75. The molecule has 0 radical (unpaired) electrons. The van der Waals surface area contributed by atoms with Crippen LogP contribution in [0.25, 0.3) is 0 Å². The third-order valence-electron chi connectivity index (χ3n) is 4.16. The molecule has 6 heteroatoms. The summed E-state index contributed by atoms with van der Waals surface area (Å²) in [5, 5.41) is 14.7. The second-order valence-electron chi connectivity index (χ2n) is 5.39. The highest BCUT2D eigenvalue weighted by Crippen LogP contribution is 2.41. The first kappa shape index (κ1) is 13.1. The summed E-state index contributed by atoms with van der Waals surface area (Å²) in [7, 11) is 2.08. The lowest BCUT2D eigenvalue weighted by Crippen LogP contribution is -2.54. The number of likely N-dealkylation sites (N-methyl/N-ethyl adjacent to an activating group) is 1. The Hall–Kier alpha value is -1.30. The number of amides is 1. The SMILES string of the molecule is CN(CCNC(=O)C1(C(N)=NO)CCC1)C1CC1. The van der Waals surface area contributed by atoms with Crippen LogP contribution in [0.4, 0.5) is 0 Å². The van der Waals surface area contributed by atoms with Gasteiger partial charge in [-0.25, -0.2) is 0 Å². The van der Waals surface area contributed by atoms with Gasteiger partial charge in [0.2, 0.25) is 5.91 Å². The summed E-state index contributed by atoms with van der Waals surface area (Å²) in [5.74, 6) is -0.0601. The third kappa shape index (κ3) is 2.43. The van der Waals surface area contributed by atoms with Gasteiger partial charge in [-0.3, -0.25) is 4.79 Å². The predicted octanol–water partition coefficient (Wildman–Crippen LogP) is 0.114. The molecule has 0 aromatic rings. The van der Waals surface area contributed by atoms with Gasteiger partial charge >= 0.3 is 0 Å². The topological polar surface area (TPSA) is 91.0 Å². The molecule has 0 aliphatic heterocycles. The highest BCUT2D eigenvalue weighted by molar-refractivity contribution is 6.07. The number of nitrogens with zero attached hydrogens (tertiary/aromatic N) is 2. The lowest BCUT2D eigenvalue weighted by atomic mass is 9.67. The van der Waals surface area contributed by atoms with Crippen LogP contribution >= 0.6 is 0 Å². The summed E-state index contributed by atoms with van der Waals surface area (Å²) in [6.45, 7) is 1.47. The van der Waals surface area contributed by atoms with E-state index in [4.69, 9.17) is 10.9 Å². The zero-order chi connectivity index (χ0) is 13.2. The molecule has 1 amide bonds. The fourth-order valence-electron chi connectivity index (χ4n) is 2.44.